The summed E-state index contributed by atoms with van der Waals surface area (Å²) in [5.41, 5.74) is 0.240. The van der Waals surface area contributed by atoms with Crippen LogP contribution in [-0.2, 0) is 14.3 Å². The molecule has 0 aromatic heterocycles. The van der Waals surface area contributed by atoms with Gasteiger partial charge in [0.15, 0.2) is 5.54 Å². The Labute approximate surface area is 171 Å². The second-order valence-electron chi connectivity index (χ2n) is 6.09. The second kappa shape index (κ2) is 7.74. The standard InChI is InChI=1S/C20H18BrClN2O3/c1-3-27-19(26)20(2)17(21)16(23-14-11-9-13(22)10-12-14)18(25)24(20)15-7-5-4-6-8-15/h4-12,23H,3H2,1-2H3/t20-/m1/s1. The van der Waals surface area contributed by atoms with Crippen LogP contribution < -0.4 is 10.2 Å². The highest BCUT2D eigenvalue weighted by Gasteiger charge is 2.54. The maximum atomic E-state index is 13.3. The van der Waals surface area contributed by atoms with E-state index in [-0.39, 0.29) is 18.2 Å². The Hall–Kier alpha value is -2.31. The van der Waals surface area contributed by atoms with E-state index >= 15 is 0 Å². The van der Waals surface area contributed by atoms with Crippen LogP contribution in [0, 0.1) is 0 Å². The molecule has 1 aliphatic heterocycles. The summed E-state index contributed by atoms with van der Waals surface area (Å²) >= 11 is 9.40. The van der Waals surface area contributed by atoms with Gasteiger partial charge in [0.1, 0.15) is 5.70 Å². The number of rotatable bonds is 5. The van der Waals surface area contributed by atoms with Gasteiger partial charge in [-0.3, -0.25) is 9.69 Å². The molecule has 140 valence electrons. The number of nitrogens with one attached hydrogen (secondary N) is 1. The van der Waals surface area contributed by atoms with Gasteiger partial charge in [-0.15, -0.1) is 0 Å². The molecule has 0 saturated carbocycles. The molecule has 7 heteroatoms. The predicted molar refractivity (Wildman–Crippen MR) is 110 cm³/mol. The zero-order valence-electron chi connectivity index (χ0n) is 14.8. The summed E-state index contributed by atoms with van der Waals surface area (Å²) < 4.78 is 5.69. The van der Waals surface area contributed by atoms with E-state index in [1.54, 1.807) is 50.2 Å². The Morgan fingerprint density at radius 1 is 1.19 bits per heavy atom. The van der Waals surface area contributed by atoms with Crippen LogP contribution in [0.3, 0.4) is 0 Å². The minimum Gasteiger partial charge on any atom is -0.464 e. The Bertz CT molecular complexity index is 899. The number of hydrogen-bond acceptors (Lipinski definition) is 4. The normalized spacial score (nSPS) is 19.4. The third-order valence-corrected chi connectivity index (χ3v) is 5.73. The molecule has 27 heavy (non-hydrogen) atoms. The molecule has 0 aliphatic carbocycles. The van der Waals surface area contributed by atoms with Gasteiger partial charge >= 0.3 is 5.97 Å². The Balaban J connectivity index is 2.07. The highest BCUT2D eigenvalue weighted by atomic mass is 79.9. The second-order valence-corrected chi connectivity index (χ2v) is 7.32. The SMILES string of the molecule is CCOC(=O)[C@@]1(C)C(Br)=C(Nc2ccc(Cl)cc2)C(=O)N1c1ccccc1. The van der Waals surface area contributed by atoms with E-state index in [0.717, 1.165) is 0 Å². The summed E-state index contributed by atoms with van der Waals surface area (Å²) in [7, 11) is 0. The van der Waals surface area contributed by atoms with Crippen molar-refractivity contribution >= 4 is 50.8 Å². The number of halogens is 2. The lowest BCUT2D eigenvalue weighted by molar-refractivity contribution is -0.147. The van der Waals surface area contributed by atoms with Crippen LogP contribution in [0.1, 0.15) is 13.8 Å². The number of ether oxygens (including phenoxy) is 1. The fourth-order valence-corrected chi connectivity index (χ4v) is 3.68. The molecule has 0 spiro atoms. The lowest BCUT2D eigenvalue weighted by atomic mass is 10.0. The van der Waals surface area contributed by atoms with Gasteiger partial charge in [-0.05, 0) is 66.2 Å². The topological polar surface area (TPSA) is 58.6 Å². The van der Waals surface area contributed by atoms with Crippen molar-refractivity contribution in [1.82, 2.24) is 0 Å². The Morgan fingerprint density at radius 3 is 2.41 bits per heavy atom. The maximum Gasteiger partial charge on any atom is 0.337 e. The number of para-hydroxylation sites is 1. The summed E-state index contributed by atoms with van der Waals surface area (Å²) in [6.07, 6.45) is 0. The van der Waals surface area contributed by atoms with Crippen molar-refractivity contribution in [3.8, 4) is 0 Å². The largest absolute Gasteiger partial charge is 0.464 e. The van der Waals surface area contributed by atoms with Gasteiger partial charge in [0, 0.05) is 16.4 Å². The lowest BCUT2D eigenvalue weighted by Crippen LogP contribution is -2.52. The molecule has 1 N–H and O–H groups in total. The first-order valence-corrected chi connectivity index (χ1v) is 9.56. The molecule has 0 unspecified atom stereocenters. The molecule has 0 radical (unpaired) electrons. The fourth-order valence-electron chi connectivity index (χ4n) is 2.94. The zero-order valence-corrected chi connectivity index (χ0v) is 17.2. The number of benzene rings is 2. The van der Waals surface area contributed by atoms with E-state index in [9.17, 15) is 9.59 Å². The van der Waals surface area contributed by atoms with Crippen molar-refractivity contribution in [1.29, 1.82) is 0 Å². The highest BCUT2D eigenvalue weighted by Crippen LogP contribution is 2.43. The van der Waals surface area contributed by atoms with Gasteiger partial charge in [-0.2, -0.15) is 0 Å². The van der Waals surface area contributed by atoms with Crippen molar-refractivity contribution < 1.29 is 14.3 Å². The molecule has 1 heterocycles. The molecule has 0 bridgehead atoms. The molecule has 2 aromatic carbocycles. The van der Waals surface area contributed by atoms with Crippen molar-refractivity contribution in [2.45, 2.75) is 19.4 Å². The third kappa shape index (κ3) is 3.47. The van der Waals surface area contributed by atoms with Crippen molar-refractivity contribution in [3.63, 3.8) is 0 Å². The van der Waals surface area contributed by atoms with Gasteiger partial charge in [-0.25, -0.2) is 4.79 Å². The first-order chi connectivity index (χ1) is 12.9. The van der Waals surface area contributed by atoms with Gasteiger partial charge in [-0.1, -0.05) is 29.8 Å². The Morgan fingerprint density at radius 2 is 1.81 bits per heavy atom. The first-order valence-electron chi connectivity index (χ1n) is 8.39. The van der Waals surface area contributed by atoms with Crippen LogP contribution in [0.25, 0.3) is 0 Å². The summed E-state index contributed by atoms with van der Waals surface area (Å²) in [5.74, 6) is -0.847. The van der Waals surface area contributed by atoms with Gasteiger partial charge in [0.05, 0.1) is 11.1 Å². The molecule has 3 rings (SSSR count). The van der Waals surface area contributed by atoms with Crippen LogP contribution in [0.15, 0.2) is 64.8 Å². The summed E-state index contributed by atoms with van der Waals surface area (Å²) in [6, 6.07) is 16.0. The first kappa shape index (κ1) is 19.5. The van der Waals surface area contributed by atoms with E-state index in [1.807, 2.05) is 18.2 Å². The quantitative estimate of drug-likeness (QED) is 0.671. The number of anilines is 2. The number of hydrogen-bond donors (Lipinski definition) is 1. The number of carbonyl (C=O) groups excluding carboxylic acids is 2. The minimum atomic E-state index is -1.32. The number of nitrogens with zero attached hydrogens (tertiary/aromatic N) is 1. The molecule has 1 amide bonds. The van der Waals surface area contributed by atoms with Crippen molar-refractivity contribution in [2.24, 2.45) is 0 Å². The van der Waals surface area contributed by atoms with Crippen LogP contribution >= 0.6 is 27.5 Å². The van der Waals surface area contributed by atoms with E-state index in [0.29, 0.717) is 20.9 Å². The molecule has 5 nitrogen and oxygen atoms in total. The highest BCUT2D eigenvalue weighted by molar-refractivity contribution is 9.11. The lowest BCUT2D eigenvalue weighted by Gasteiger charge is -2.33. The van der Waals surface area contributed by atoms with Crippen LogP contribution in [0.2, 0.25) is 5.02 Å². The molecule has 1 atom stereocenters. The maximum absolute atomic E-state index is 13.3. The molecule has 0 fully saturated rings. The van der Waals surface area contributed by atoms with Gasteiger partial charge < -0.3 is 10.1 Å². The van der Waals surface area contributed by atoms with Crippen LogP contribution in [-0.4, -0.2) is 24.0 Å². The van der Waals surface area contributed by atoms with E-state index < -0.39 is 11.5 Å². The summed E-state index contributed by atoms with van der Waals surface area (Å²) in [6.45, 7) is 3.61. The Kier molecular flexibility index (Phi) is 5.58. The third-order valence-electron chi connectivity index (χ3n) is 4.31. The molecular weight excluding hydrogens is 432 g/mol. The van der Waals surface area contributed by atoms with Gasteiger partial charge in [0.2, 0.25) is 0 Å². The number of carbonyl (C=O) groups is 2. The minimum absolute atomic E-state index is 0.214. The number of esters is 1. The summed E-state index contributed by atoms with van der Waals surface area (Å²) in [4.78, 5) is 27.5. The van der Waals surface area contributed by atoms with Crippen LogP contribution in [0.5, 0.6) is 0 Å². The smallest absolute Gasteiger partial charge is 0.337 e. The van der Waals surface area contributed by atoms with Crippen molar-refractivity contribution in [3.05, 3.63) is 69.8 Å². The van der Waals surface area contributed by atoms with Crippen molar-refractivity contribution in [2.75, 3.05) is 16.8 Å². The fraction of sp³-hybridized carbons (Fsp3) is 0.200. The zero-order chi connectivity index (χ0) is 19.6. The monoisotopic (exact) mass is 448 g/mol. The molecule has 2 aromatic rings. The number of amides is 1. The van der Waals surface area contributed by atoms with E-state index in [4.69, 9.17) is 16.3 Å². The van der Waals surface area contributed by atoms with Gasteiger partial charge in [0.25, 0.3) is 5.91 Å². The van der Waals surface area contributed by atoms with Crippen LogP contribution in [0.4, 0.5) is 11.4 Å². The molecule has 0 saturated heterocycles. The predicted octanol–water partition coefficient (Wildman–Crippen LogP) is 4.73. The molecular formula is C20H18BrClN2O3. The average molecular weight is 450 g/mol. The summed E-state index contributed by atoms with van der Waals surface area (Å²) in [5, 5.41) is 3.69. The van der Waals surface area contributed by atoms with E-state index in [1.165, 1.54) is 4.90 Å². The average Bonchev–Trinajstić information content (AvgIpc) is 2.86. The molecule has 1 aliphatic rings. The van der Waals surface area contributed by atoms with E-state index in [2.05, 4.69) is 21.2 Å².